The van der Waals surface area contributed by atoms with E-state index in [0.717, 1.165) is 11.8 Å². The molecule has 0 fully saturated rings. The highest BCUT2D eigenvalue weighted by Crippen LogP contribution is 2.34. The van der Waals surface area contributed by atoms with E-state index in [4.69, 9.17) is 23.2 Å². The van der Waals surface area contributed by atoms with Gasteiger partial charge in [-0.05, 0) is 6.42 Å². The summed E-state index contributed by atoms with van der Waals surface area (Å²) in [5.74, 6) is 0. The molecule has 1 atom stereocenters. The SMILES string of the molecule is CCC(C)(CBr)C(Cl)Cl. The van der Waals surface area contributed by atoms with Crippen LogP contribution in [0.3, 0.4) is 0 Å². The minimum Gasteiger partial charge on any atom is -0.105 e. The lowest BCUT2D eigenvalue weighted by Crippen LogP contribution is -2.24. The van der Waals surface area contributed by atoms with Gasteiger partial charge in [-0.25, -0.2) is 0 Å². The average molecular weight is 234 g/mol. The molecule has 0 aliphatic rings. The number of halogens is 3. The fraction of sp³-hybridized carbons (Fsp3) is 1.00. The normalized spacial score (nSPS) is 18.0. The van der Waals surface area contributed by atoms with Crippen LogP contribution in [-0.2, 0) is 0 Å². The van der Waals surface area contributed by atoms with Crippen molar-refractivity contribution in [3.63, 3.8) is 0 Å². The molecule has 0 aliphatic heterocycles. The Morgan fingerprint density at radius 2 is 2.00 bits per heavy atom. The zero-order chi connectivity index (χ0) is 7.49. The first-order valence-corrected chi connectivity index (χ1v) is 4.90. The van der Waals surface area contributed by atoms with E-state index in [2.05, 4.69) is 29.8 Å². The molecule has 0 radical (unpaired) electrons. The summed E-state index contributed by atoms with van der Waals surface area (Å²) in [7, 11) is 0. The quantitative estimate of drug-likeness (QED) is 0.654. The summed E-state index contributed by atoms with van der Waals surface area (Å²) in [4.78, 5) is -0.276. The third kappa shape index (κ3) is 2.65. The molecule has 0 aromatic heterocycles. The summed E-state index contributed by atoms with van der Waals surface area (Å²) in [5, 5.41) is 0.855. The van der Waals surface area contributed by atoms with Crippen molar-refractivity contribution in [3.8, 4) is 0 Å². The first-order chi connectivity index (χ1) is 4.06. The van der Waals surface area contributed by atoms with Gasteiger partial charge in [0.2, 0.25) is 0 Å². The van der Waals surface area contributed by atoms with Gasteiger partial charge in [-0.3, -0.25) is 0 Å². The first kappa shape index (κ1) is 10.1. The Balaban J connectivity index is 3.92. The maximum atomic E-state index is 5.72. The van der Waals surface area contributed by atoms with Gasteiger partial charge in [0.15, 0.2) is 0 Å². The van der Waals surface area contributed by atoms with Gasteiger partial charge in [-0.2, -0.15) is 0 Å². The minimum atomic E-state index is -0.276. The average Bonchev–Trinajstić information content (AvgIpc) is 1.86. The summed E-state index contributed by atoms with van der Waals surface area (Å²) in [6.07, 6.45) is 0.996. The molecular formula is C6H11BrCl2. The highest BCUT2D eigenvalue weighted by Gasteiger charge is 2.27. The Labute approximate surface area is 75.0 Å². The number of hydrogen-bond donors (Lipinski definition) is 0. The Hall–Kier alpha value is 1.06. The lowest BCUT2D eigenvalue weighted by atomic mass is 9.93. The van der Waals surface area contributed by atoms with Crippen molar-refractivity contribution in [1.29, 1.82) is 0 Å². The van der Waals surface area contributed by atoms with E-state index in [-0.39, 0.29) is 10.3 Å². The van der Waals surface area contributed by atoms with Gasteiger partial charge in [-0.1, -0.05) is 29.8 Å². The molecule has 0 aromatic carbocycles. The monoisotopic (exact) mass is 232 g/mol. The molecule has 9 heavy (non-hydrogen) atoms. The molecular weight excluding hydrogens is 223 g/mol. The molecule has 0 bridgehead atoms. The summed E-state index contributed by atoms with van der Waals surface area (Å²) in [6.45, 7) is 4.14. The third-order valence-corrected chi connectivity index (χ3v) is 3.97. The van der Waals surface area contributed by atoms with Crippen LogP contribution < -0.4 is 0 Å². The zero-order valence-corrected chi connectivity index (χ0v) is 8.72. The lowest BCUT2D eigenvalue weighted by molar-refractivity contribution is 0.395. The summed E-state index contributed by atoms with van der Waals surface area (Å²) in [6, 6.07) is 0. The van der Waals surface area contributed by atoms with E-state index < -0.39 is 0 Å². The summed E-state index contributed by atoms with van der Waals surface area (Å²) < 4.78 is 0. The minimum absolute atomic E-state index is 0.0309. The zero-order valence-electron chi connectivity index (χ0n) is 5.63. The van der Waals surface area contributed by atoms with E-state index in [9.17, 15) is 0 Å². The molecule has 0 rings (SSSR count). The number of alkyl halides is 3. The Kier molecular flexibility index (Phi) is 4.52. The predicted molar refractivity (Wildman–Crippen MR) is 47.7 cm³/mol. The van der Waals surface area contributed by atoms with E-state index in [1.54, 1.807) is 0 Å². The van der Waals surface area contributed by atoms with Crippen molar-refractivity contribution < 1.29 is 0 Å². The predicted octanol–water partition coefficient (Wildman–Crippen LogP) is 3.60. The molecule has 0 heterocycles. The molecule has 0 N–H and O–H groups in total. The van der Waals surface area contributed by atoms with Crippen molar-refractivity contribution in [1.82, 2.24) is 0 Å². The fourth-order valence-corrected chi connectivity index (χ4v) is 1.86. The van der Waals surface area contributed by atoms with E-state index in [1.165, 1.54) is 0 Å². The molecule has 0 amide bonds. The van der Waals surface area contributed by atoms with Gasteiger partial charge < -0.3 is 0 Å². The van der Waals surface area contributed by atoms with Crippen molar-refractivity contribution in [2.24, 2.45) is 5.41 Å². The van der Waals surface area contributed by atoms with Crippen LogP contribution in [0.2, 0.25) is 0 Å². The van der Waals surface area contributed by atoms with Gasteiger partial charge in [0, 0.05) is 10.7 Å². The molecule has 0 spiro atoms. The van der Waals surface area contributed by atoms with Crippen LogP contribution in [0.5, 0.6) is 0 Å². The molecule has 0 aliphatic carbocycles. The standard InChI is InChI=1S/C6H11BrCl2/c1-3-6(2,4-7)5(8)9/h5H,3-4H2,1-2H3. The molecule has 1 unspecified atom stereocenters. The van der Waals surface area contributed by atoms with Crippen molar-refractivity contribution in [3.05, 3.63) is 0 Å². The third-order valence-electron chi connectivity index (χ3n) is 1.64. The second-order valence-electron chi connectivity index (χ2n) is 2.44. The van der Waals surface area contributed by atoms with E-state index in [1.807, 2.05) is 0 Å². The van der Waals surface area contributed by atoms with Gasteiger partial charge >= 0.3 is 0 Å². The largest absolute Gasteiger partial charge is 0.113 e. The van der Waals surface area contributed by atoms with Crippen LogP contribution in [0.4, 0.5) is 0 Å². The van der Waals surface area contributed by atoms with Crippen molar-refractivity contribution >= 4 is 39.1 Å². The number of hydrogen-bond acceptors (Lipinski definition) is 0. The van der Waals surface area contributed by atoms with Gasteiger partial charge in [0.05, 0.1) is 0 Å². The first-order valence-electron chi connectivity index (χ1n) is 2.91. The number of rotatable bonds is 3. The van der Waals surface area contributed by atoms with Crippen LogP contribution in [-0.4, -0.2) is 10.2 Å². The molecule has 0 saturated carbocycles. The van der Waals surface area contributed by atoms with Crippen molar-refractivity contribution in [2.75, 3.05) is 5.33 Å². The molecule has 0 nitrogen and oxygen atoms in total. The maximum absolute atomic E-state index is 5.72. The maximum Gasteiger partial charge on any atom is 0.113 e. The van der Waals surface area contributed by atoms with Gasteiger partial charge in [-0.15, -0.1) is 23.2 Å². The lowest BCUT2D eigenvalue weighted by Gasteiger charge is -2.26. The van der Waals surface area contributed by atoms with Gasteiger partial charge in [0.1, 0.15) is 4.84 Å². The molecule has 56 valence electrons. The topological polar surface area (TPSA) is 0 Å². The molecule has 3 heteroatoms. The van der Waals surface area contributed by atoms with E-state index in [0.29, 0.717) is 0 Å². The van der Waals surface area contributed by atoms with Crippen LogP contribution in [0.1, 0.15) is 20.3 Å². The second-order valence-corrected chi connectivity index (χ2v) is 4.10. The van der Waals surface area contributed by atoms with Gasteiger partial charge in [0.25, 0.3) is 0 Å². The van der Waals surface area contributed by atoms with Crippen LogP contribution >= 0.6 is 39.1 Å². The van der Waals surface area contributed by atoms with Crippen molar-refractivity contribution in [2.45, 2.75) is 25.1 Å². The second kappa shape index (κ2) is 4.05. The molecule has 0 aromatic rings. The highest BCUT2D eigenvalue weighted by molar-refractivity contribution is 9.09. The Morgan fingerprint density at radius 1 is 1.56 bits per heavy atom. The van der Waals surface area contributed by atoms with E-state index >= 15 is 0 Å². The Morgan fingerprint density at radius 3 is 2.00 bits per heavy atom. The summed E-state index contributed by atoms with van der Waals surface area (Å²) >= 11 is 14.8. The molecule has 0 saturated heterocycles. The summed E-state index contributed by atoms with van der Waals surface area (Å²) in [5.41, 5.74) is 0.0309. The Bertz CT molecular complexity index is 79.1. The van der Waals surface area contributed by atoms with Crippen LogP contribution in [0.25, 0.3) is 0 Å². The highest BCUT2D eigenvalue weighted by atomic mass is 79.9. The smallest absolute Gasteiger partial charge is 0.105 e. The fourth-order valence-electron chi connectivity index (χ4n) is 0.307. The van der Waals surface area contributed by atoms with Crippen LogP contribution in [0.15, 0.2) is 0 Å². The van der Waals surface area contributed by atoms with Crippen LogP contribution in [0, 0.1) is 5.41 Å².